The second-order valence-corrected chi connectivity index (χ2v) is 5.42. The van der Waals surface area contributed by atoms with E-state index in [1.165, 1.54) is 0 Å². The van der Waals surface area contributed by atoms with Crippen LogP contribution < -0.4 is 4.90 Å². The summed E-state index contributed by atoms with van der Waals surface area (Å²) in [4.78, 5) is 16.2. The van der Waals surface area contributed by atoms with E-state index in [2.05, 4.69) is 23.7 Å². The number of carboxylic acid groups (broad SMARTS) is 1. The quantitative estimate of drug-likeness (QED) is 0.883. The number of anilines is 1. The Labute approximate surface area is 117 Å². The molecular formula is C15H18N2O3. The van der Waals surface area contributed by atoms with Crippen LogP contribution >= 0.6 is 0 Å². The summed E-state index contributed by atoms with van der Waals surface area (Å²) in [6, 6.07) is 7.66. The van der Waals surface area contributed by atoms with Crippen molar-refractivity contribution in [1.82, 2.24) is 4.98 Å². The van der Waals surface area contributed by atoms with Gasteiger partial charge in [-0.1, -0.05) is 0 Å². The van der Waals surface area contributed by atoms with Crippen LogP contribution in [0.5, 0.6) is 0 Å². The first-order chi connectivity index (χ1) is 9.52. The summed E-state index contributed by atoms with van der Waals surface area (Å²) in [5.41, 5.74) is 2.18. The molecule has 1 aliphatic rings. The van der Waals surface area contributed by atoms with Gasteiger partial charge in [-0.2, -0.15) is 0 Å². The number of aromatic amines is 1. The predicted molar refractivity (Wildman–Crippen MR) is 77.5 cm³/mol. The molecule has 0 amide bonds. The maximum atomic E-state index is 11.0. The van der Waals surface area contributed by atoms with Gasteiger partial charge in [-0.05, 0) is 38.1 Å². The van der Waals surface area contributed by atoms with Crippen LogP contribution in [0, 0.1) is 0 Å². The van der Waals surface area contributed by atoms with Crippen molar-refractivity contribution in [1.29, 1.82) is 0 Å². The molecule has 1 aromatic carbocycles. The Morgan fingerprint density at radius 2 is 2.00 bits per heavy atom. The first kappa shape index (κ1) is 13.0. The number of nitrogens with one attached hydrogen (secondary N) is 1. The fourth-order valence-corrected chi connectivity index (χ4v) is 2.82. The van der Waals surface area contributed by atoms with Crippen molar-refractivity contribution in [2.45, 2.75) is 26.1 Å². The van der Waals surface area contributed by atoms with E-state index in [0.717, 1.165) is 29.7 Å². The highest BCUT2D eigenvalue weighted by Gasteiger charge is 2.22. The van der Waals surface area contributed by atoms with Crippen molar-refractivity contribution in [3.05, 3.63) is 30.0 Å². The van der Waals surface area contributed by atoms with E-state index in [-0.39, 0.29) is 17.9 Å². The standard InChI is InChI=1S/C15H18N2O3/c1-9-7-17(8-10(2)20-9)12-3-4-13-11(5-12)6-14(16-13)15(18)19/h3-6,9-10,16H,7-8H2,1-2H3,(H,18,19). The van der Waals surface area contributed by atoms with Crippen LogP contribution in [0.3, 0.4) is 0 Å². The lowest BCUT2D eigenvalue weighted by Crippen LogP contribution is -2.45. The minimum atomic E-state index is -0.934. The van der Waals surface area contributed by atoms with Crippen molar-refractivity contribution in [2.24, 2.45) is 0 Å². The predicted octanol–water partition coefficient (Wildman–Crippen LogP) is 2.48. The second kappa shape index (κ2) is 4.83. The lowest BCUT2D eigenvalue weighted by atomic mass is 10.1. The number of carbonyl (C=O) groups is 1. The van der Waals surface area contributed by atoms with Crippen LogP contribution in [-0.4, -0.2) is 41.4 Å². The van der Waals surface area contributed by atoms with E-state index < -0.39 is 5.97 Å². The monoisotopic (exact) mass is 274 g/mol. The van der Waals surface area contributed by atoms with Gasteiger partial charge in [0.2, 0.25) is 0 Å². The van der Waals surface area contributed by atoms with Crippen LogP contribution in [0.4, 0.5) is 5.69 Å². The van der Waals surface area contributed by atoms with Gasteiger partial charge in [-0.3, -0.25) is 0 Å². The minimum absolute atomic E-state index is 0.204. The Bertz CT molecular complexity index is 640. The highest BCUT2D eigenvalue weighted by molar-refractivity contribution is 5.94. The molecule has 1 aromatic heterocycles. The number of carboxylic acids is 1. The average Bonchev–Trinajstić information content (AvgIpc) is 2.80. The van der Waals surface area contributed by atoms with E-state index in [1.54, 1.807) is 6.07 Å². The third-order valence-electron chi connectivity index (χ3n) is 3.62. The Morgan fingerprint density at radius 3 is 2.65 bits per heavy atom. The van der Waals surface area contributed by atoms with Crippen molar-refractivity contribution in [3.8, 4) is 0 Å². The van der Waals surface area contributed by atoms with Crippen molar-refractivity contribution in [3.63, 3.8) is 0 Å². The van der Waals surface area contributed by atoms with Gasteiger partial charge in [-0.25, -0.2) is 4.79 Å². The largest absolute Gasteiger partial charge is 0.477 e. The number of morpholine rings is 1. The molecule has 0 bridgehead atoms. The molecule has 2 heterocycles. The number of fused-ring (bicyclic) bond motifs is 1. The molecule has 1 fully saturated rings. The fourth-order valence-electron chi connectivity index (χ4n) is 2.82. The Morgan fingerprint density at radius 1 is 1.30 bits per heavy atom. The number of hydrogen-bond donors (Lipinski definition) is 2. The highest BCUT2D eigenvalue weighted by Crippen LogP contribution is 2.25. The summed E-state index contributed by atoms with van der Waals surface area (Å²) in [7, 11) is 0. The summed E-state index contributed by atoms with van der Waals surface area (Å²) in [6.45, 7) is 5.85. The molecule has 0 saturated carbocycles. The molecule has 0 aliphatic carbocycles. The van der Waals surface area contributed by atoms with Gasteiger partial charge in [-0.15, -0.1) is 0 Å². The normalized spacial score (nSPS) is 23.2. The van der Waals surface area contributed by atoms with E-state index in [9.17, 15) is 4.79 Å². The molecule has 2 unspecified atom stereocenters. The number of ether oxygens (including phenoxy) is 1. The number of aromatic nitrogens is 1. The zero-order valence-electron chi connectivity index (χ0n) is 11.6. The maximum absolute atomic E-state index is 11.0. The number of benzene rings is 1. The van der Waals surface area contributed by atoms with E-state index >= 15 is 0 Å². The molecule has 1 aliphatic heterocycles. The van der Waals surface area contributed by atoms with Crippen molar-refractivity contribution < 1.29 is 14.6 Å². The smallest absolute Gasteiger partial charge is 0.352 e. The topological polar surface area (TPSA) is 65.6 Å². The van der Waals surface area contributed by atoms with E-state index in [4.69, 9.17) is 9.84 Å². The van der Waals surface area contributed by atoms with Crippen LogP contribution in [0.25, 0.3) is 10.9 Å². The molecule has 1 saturated heterocycles. The van der Waals surface area contributed by atoms with Gasteiger partial charge in [0.1, 0.15) is 5.69 Å². The van der Waals surface area contributed by atoms with Gasteiger partial charge < -0.3 is 19.7 Å². The van der Waals surface area contributed by atoms with Gasteiger partial charge in [0, 0.05) is 29.7 Å². The molecule has 20 heavy (non-hydrogen) atoms. The third-order valence-corrected chi connectivity index (χ3v) is 3.62. The molecule has 5 heteroatoms. The Hall–Kier alpha value is -2.01. The molecular weight excluding hydrogens is 256 g/mol. The second-order valence-electron chi connectivity index (χ2n) is 5.42. The summed E-state index contributed by atoms with van der Waals surface area (Å²) in [5.74, 6) is -0.934. The SMILES string of the molecule is CC1CN(c2ccc3[nH]c(C(=O)O)cc3c2)CC(C)O1. The van der Waals surface area contributed by atoms with Crippen LogP contribution in [-0.2, 0) is 4.74 Å². The maximum Gasteiger partial charge on any atom is 0.352 e. The zero-order chi connectivity index (χ0) is 14.3. The van der Waals surface area contributed by atoms with Gasteiger partial charge in [0.05, 0.1) is 12.2 Å². The van der Waals surface area contributed by atoms with Crippen LogP contribution in [0.15, 0.2) is 24.3 Å². The first-order valence-electron chi connectivity index (χ1n) is 6.79. The number of H-pyrrole nitrogens is 1. The van der Waals surface area contributed by atoms with Crippen LogP contribution in [0.1, 0.15) is 24.3 Å². The lowest BCUT2D eigenvalue weighted by Gasteiger charge is -2.36. The average molecular weight is 274 g/mol. The van der Waals surface area contributed by atoms with Crippen molar-refractivity contribution >= 4 is 22.6 Å². The Kier molecular flexibility index (Phi) is 3.14. The molecule has 3 rings (SSSR count). The number of nitrogens with zero attached hydrogens (tertiary/aromatic N) is 1. The first-order valence-corrected chi connectivity index (χ1v) is 6.79. The lowest BCUT2D eigenvalue weighted by molar-refractivity contribution is -0.00521. The summed E-state index contributed by atoms with van der Waals surface area (Å²) >= 11 is 0. The van der Waals surface area contributed by atoms with E-state index in [0.29, 0.717) is 0 Å². The Balaban J connectivity index is 1.94. The zero-order valence-corrected chi connectivity index (χ0v) is 11.6. The fraction of sp³-hybridized carbons (Fsp3) is 0.400. The van der Waals surface area contributed by atoms with Crippen LogP contribution in [0.2, 0.25) is 0 Å². The summed E-state index contributed by atoms with van der Waals surface area (Å²) in [5, 5.41) is 9.94. The molecule has 2 aromatic rings. The van der Waals surface area contributed by atoms with Gasteiger partial charge in [0.15, 0.2) is 0 Å². The van der Waals surface area contributed by atoms with E-state index in [1.807, 2.05) is 18.2 Å². The summed E-state index contributed by atoms with van der Waals surface area (Å²) in [6.07, 6.45) is 0.408. The summed E-state index contributed by atoms with van der Waals surface area (Å²) < 4.78 is 5.74. The molecule has 2 atom stereocenters. The molecule has 106 valence electrons. The molecule has 2 N–H and O–H groups in total. The highest BCUT2D eigenvalue weighted by atomic mass is 16.5. The van der Waals surface area contributed by atoms with Gasteiger partial charge in [0.25, 0.3) is 0 Å². The number of rotatable bonds is 2. The van der Waals surface area contributed by atoms with Crippen molar-refractivity contribution in [2.75, 3.05) is 18.0 Å². The molecule has 5 nitrogen and oxygen atoms in total. The molecule has 0 spiro atoms. The molecule has 0 radical (unpaired) electrons. The third kappa shape index (κ3) is 2.36. The van der Waals surface area contributed by atoms with Gasteiger partial charge >= 0.3 is 5.97 Å². The minimum Gasteiger partial charge on any atom is -0.477 e. The number of aromatic carboxylic acids is 1. The number of hydrogen-bond acceptors (Lipinski definition) is 3.